The molecule has 0 fully saturated rings. The largest absolute Gasteiger partial charge is 0.357 e. The van der Waals surface area contributed by atoms with Gasteiger partial charge in [0.15, 0.2) is 5.96 Å². The Kier molecular flexibility index (Phi) is 11.0. The van der Waals surface area contributed by atoms with Crippen LogP contribution in [0, 0.1) is 19.7 Å². The molecule has 0 aliphatic rings. The summed E-state index contributed by atoms with van der Waals surface area (Å²) in [5.74, 6) is 0.372. The number of carbonyl (C=O) groups is 1. The van der Waals surface area contributed by atoms with Gasteiger partial charge in [-0.3, -0.25) is 9.79 Å². The van der Waals surface area contributed by atoms with Crippen LogP contribution in [0.4, 0.5) is 4.39 Å². The molecular formula is C19H27FIN5OS. The van der Waals surface area contributed by atoms with E-state index in [-0.39, 0.29) is 35.7 Å². The molecule has 1 amide bonds. The molecule has 0 saturated heterocycles. The Morgan fingerprint density at radius 1 is 1.21 bits per heavy atom. The average molecular weight is 519 g/mol. The molecule has 0 unspecified atom stereocenters. The van der Waals surface area contributed by atoms with Gasteiger partial charge in [0.1, 0.15) is 10.7 Å². The van der Waals surface area contributed by atoms with Crippen LogP contribution in [-0.2, 0) is 6.42 Å². The van der Waals surface area contributed by atoms with Gasteiger partial charge in [-0.15, -0.1) is 35.3 Å². The topological polar surface area (TPSA) is 78.4 Å². The summed E-state index contributed by atoms with van der Waals surface area (Å²) >= 11 is 1.34. The minimum absolute atomic E-state index is 0. The van der Waals surface area contributed by atoms with Gasteiger partial charge in [0.2, 0.25) is 0 Å². The SMILES string of the molecule is CCNC(=NCCc1ccc(F)cc1C)NCCNC(=O)c1scnc1C.I. The molecule has 0 spiro atoms. The standard InChI is InChI=1S/C19H26FN5OS.HI/c1-4-21-19(23-8-7-15-5-6-16(20)11-13(15)2)24-10-9-22-18(26)17-14(3)25-12-27-17;/h5-6,11-12H,4,7-10H2,1-3H3,(H,22,26)(H2,21,23,24);1H. The molecule has 1 aromatic heterocycles. The maximum atomic E-state index is 13.2. The fraction of sp³-hybridized carbons (Fsp3) is 0.421. The summed E-state index contributed by atoms with van der Waals surface area (Å²) in [6.07, 6.45) is 0.740. The summed E-state index contributed by atoms with van der Waals surface area (Å²) in [4.78, 5) is 21.3. The average Bonchev–Trinajstić information content (AvgIpc) is 3.06. The van der Waals surface area contributed by atoms with E-state index in [4.69, 9.17) is 0 Å². The van der Waals surface area contributed by atoms with Crippen molar-refractivity contribution in [3.63, 3.8) is 0 Å². The lowest BCUT2D eigenvalue weighted by Crippen LogP contribution is -2.41. The maximum Gasteiger partial charge on any atom is 0.263 e. The zero-order valence-corrected chi connectivity index (χ0v) is 19.5. The summed E-state index contributed by atoms with van der Waals surface area (Å²) in [5.41, 5.74) is 4.44. The monoisotopic (exact) mass is 519 g/mol. The second-order valence-electron chi connectivity index (χ2n) is 6.03. The second-order valence-corrected chi connectivity index (χ2v) is 6.89. The lowest BCUT2D eigenvalue weighted by atomic mass is 10.1. The highest BCUT2D eigenvalue weighted by Gasteiger charge is 2.10. The summed E-state index contributed by atoms with van der Waals surface area (Å²) in [6, 6.07) is 4.82. The van der Waals surface area contributed by atoms with Crippen LogP contribution >= 0.6 is 35.3 Å². The first-order valence-electron chi connectivity index (χ1n) is 8.96. The van der Waals surface area contributed by atoms with E-state index in [9.17, 15) is 9.18 Å². The van der Waals surface area contributed by atoms with Crippen LogP contribution in [0.2, 0.25) is 0 Å². The van der Waals surface area contributed by atoms with E-state index in [0.29, 0.717) is 30.5 Å². The van der Waals surface area contributed by atoms with Gasteiger partial charge in [-0.25, -0.2) is 9.37 Å². The van der Waals surface area contributed by atoms with Crippen LogP contribution in [0.5, 0.6) is 0 Å². The molecule has 9 heteroatoms. The van der Waals surface area contributed by atoms with Gasteiger partial charge in [0.05, 0.1) is 11.2 Å². The molecule has 6 nitrogen and oxygen atoms in total. The van der Waals surface area contributed by atoms with Gasteiger partial charge in [0.25, 0.3) is 5.91 Å². The van der Waals surface area contributed by atoms with Crippen molar-refractivity contribution in [3.05, 3.63) is 51.2 Å². The zero-order chi connectivity index (χ0) is 19.6. The second kappa shape index (κ2) is 12.7. The Balaban J connectivity index is 0.00000392. The Labute approximate surface area is 186 Å². The van der Waals surface area contributed by atoms with Crippen molar-refractivity contribution in [1.29, 1.82) is 0 Å². The van der Waals surface area contributed by atoms with E-state index in [1.807, 2.05) is 20.8 Å². The van der Waals surface area contributed by atoms with Crippen LogP contribution in [-0.4, -0.2) is 43.0 Å². The van der Waals surface area contributed by atoms with Crippen molar-refractivity contribution >= 4 is 47.2 Å². The number of benzene rings is 1. The van der Waals surface area contributed by atoms with Gasteiger partial charge < -0.3 is 16.0 Å². The van der Waals surface area contributed by atoms with E-state index >= 15 is 0 Å². The molecule has 28 heavy (non-hydrogen) atoms. The number of nitrogens with one attached hydrogen (secondary N) is 3. The Hall–Kier alpha value is -1.75. The molecule has 2 aromatic rings. The number of aryl methyl sites for hydroxylation is 2. The quantitative estimate of drug-likeness (QED) is 0.217. The number of aliphatic imine (C=N–C) groups is 1. The van der Waals surface area contributed by atoms with Gasteiger partial charge in [-0.05, 0) is 50.5 Å². The van der Waals surface area contributed by atoms with Crippen molar-refractivity contribution < 1.29 is 9.18 Å². The molecule has 3 N–H and O–H groups in total. The minimum atomic E-state index is -0.217. The molecule has 0 aliphatic heterocycles. The molecule has 2 rings (SSSR count). The number of rotatable bonds is 8. The van der Waals surface area contributed by atoms with Gasteiger partial charge >= 0.3 is 0 Å². The Morgan fingerprint density at radius 3 is 2.61 bits per heavy atom. The number of hydrogen-bond donors (Lipinski definition) is 3. The third kappa shape index (κ3) is 7.70. The fourth-order valence-electron chi connectivity index (χ4n) is 2.53. The van der Waals surface area contributed by atoms with Crippen LogP contribution < -0.4 is 16.0 Å². The number of nitrogens with zero attached hydrogens (tertiary/aromatic N) is 2. The molecule has 0 saturated carbocycles. The fourth-order valence-corrected chi connectivity index (χ4v) is 3.25. The molecule has 0 atom stereocenters. The number of amides is 1. The highest BCUT2D eigenvalue weighted by Crippen LogP contribution is 2.11. The Morgan fingerprint density at radius 2 is 1.96 bits per heavy atom. The molecule has 0 bridgehead atoms. The van der Waals surface area contributed by atoms with Gasteiger partial charge in [0, 0.05) is 26.2 Å². The molecular weight excluding hydrogens is 492 g/mol. The zero-order valence-electron chi connectivity index (χ0n) is 16.3. The molecule has 154 valence electrons. The number of guanidine groups is 1. The predicted molar refractivity (Wildman–Crippen MR) is 123 cm³/mol. The highest BCUT2D eigenvalue weighted by molar-refractivity contribution is 14.0. The normalized spacial score (nSPS) is 10.9. The third-order valence-electron chi connectivity index (χ3n) is 3.95. The van der Waals surface area contributed by atoms with Gasteiger partial charge in [-0.1, -0.05) is 6.07 Å². The van der Waals surface area contributed by atoms with Crippen molar-refractivity contribution in [2.75, 3.05) is 26.2 Å². The Bertz CT molecular complexity index is 796. The van der Waals surface area contributed by atoms with Crippen molar-refractivity contribution in [3.8, 4) is 0 Å². The number of aromatic nitrogens is 1. The minimum Gasteiger partial charge on any atom is -0.357 e. The van der Waals surface area contributed by atoms with Crippen molar-refractivity contribution in [1.82, 2.24) is 20.9 Å². The first-order chi connectivity index (χ1) is 13.0. The number of halogens is 2. The molecule has 0 aliphatic carbocycles. The van der Waals surface area contributed by atoms with Crippen molar-refractivity contribution in [2.24, 2.45) is 4.99 Å². The van der Waals surface area contributed by atoms with E-state index in [2.05, 4.69) is 25.9 Å². The van der Waals surface area contributed by atoms with Crippen LogP contribution in [0.25, 0.3) is 0 Å². The third-order valence-corrected chi connectivity index (χ3v) is 4.88. The summed E-state index contributed by atoms with van der Waals surface area (Å²) in [5, 5.41) is 9.24. The van der Waals surface area contributed by atoms with Crippen LogP contribution in [0.3, 0.4) is 0 Å². The van der Waals surface area contributed by atoms with E-state index in [1.54, 1.807) is 11.6 Å². The smallest absolute Gasteiger partial charge is 0.263 e. The van der Waals surface area contributed by atoms with E-state index < -0.39 is 0 Å². The summed E-state index contributed by atoms with van der Waals surface area (Å²) in [6.45, 7) is 8.10. The van der Waals surface area contributed by atoms with E-state index in [0.717, 1.165) is 29.8 Å². The number of hydrogen-bond acceptors (Lipinski definition) is 4. The molecule has 0 radical (unpaired) electrons. The lowest BCUT2D eigenvalue weighted by molar-refractivity contribution is 0.0957. The molecule has 1 aromatic carbocycles. The first kappa shape index (κ1) is 24.3. The molecule has 1 heterocycles. The van der Waals surface area contributed by atoms with Crippen LogP contribution in [0.1, 0.15) is 33.4 Å². The first-order valence-corrected chi connectivity index (χ1v) is 9.84. The van der Waals surface area contributed by atoms with Gasteiger partial charge in [-0.2, -0.15) is 0 Å². The van der Waals surface area contributed by atoms with E-state index in [1.165, 1.54) is 23.5 Å². The lowest BCUT2D eigenvalue weighted by Gasteiger charge is -2.12. The van der Waals surface area contributed by atoms with Crippen LogP contribution in [0.15, 0.2) is 28.7 Å². The predicted octanol–water partition coefficient (Wildman–Crippen LogP) is 3.04. The highest BCUT2D eigenvalue weighted by atomic mass is 127. The van der Waals surface area contributed by atoms with Crippen molar-refractivity contribution in [2.45, 2.75) is 27.2 Å². The maximum absolute atomic E-state index is 13.2. The number of carbonyl (C=O) groups excluding carboxylic acids is 1. The summed E-state index contributed by atoms with van der Waals surface area (Å²) in [7, 11) is 0. The summed E-state index contributed by atoms with van der Waals surface area (Å²) < 4.78 is 13.2. The number of thiazole rings is 1.